The summed E-state index contributed by atoms with van der Waals surface area (Å²) < 4.78 is 0. The number of hydrogen-bond acceptors (Lipinski definition) is 6. The molecule has 0 aliphatic carbocycles. The monoisotopic (exact) mass is 714 g/mol. The highest BCUT2D eigenvalue weighted by Crippen LogP contribution is 2.23. The van der Waals surface area contributed by atoms with Crippen molar-refractivity contribution in [3.05, 3.63) is 95.6 Å². The number of nitrogens with one attached hydrogen (secondary N) is 4. The molecule has 12 heteroatoms. The van der Waals surface area contributed by atoms with Gasteiger partial charge in [0, 0.05) is 32.1 Å². The van der Waals surface area contributed by atoms with Gasteiger partial charge in [-0.05, 0) is 40.2 Å². The first-order valence-electron chi connectivity index (χ1n) is 17.7. The predicted molar refractivity (Wildman–Crippen MR) is 197 cm³/mol. The van der Waals surface area contributed by atoms with Crippen molar-refractivity contribution in [1.29, 1.82) is 0 Å². The third-order valence-corrected chi connectivity index (χ3v) is 8.87. The third kappa shape index (κ3) is 12.7. The molecule has 5 unspecified atom stereocenters. The van der Waals surface area contributed by atoms with Crippen molar-refractivity contribution < 1.29 is 39.0 Å². The molecule has 5 atom stereocenters. The van der Waals surface area contributed by atoms with Crippen molar-refractivity contribution in [2.24, 2.45) is 5.92 Å². The Kier molecular flexibility index (Phi) is 16.0. The van der Waals surface area contributed by atoms with Crippen LogP contribution in [0.5, 0.6) is 0 Å². The first-order chi connectivity index (χ1) is 24.8. The van der Waals surface area contributed by atoms with Gasteiger partial charge in [0.2, 0.25) is 23.6 Å². The molecule has 0 saturated carbocycles. The van der Waals surface area contributed by atoms with Crippen molar-refractivity contribution in [3.63, 3.8) is 0 Å². The predicted octanol–water partition coefficient (Wildman–Crippen LogP) is 4.05. The van der Waals surface area contributed by atoms with Gasteiger partial charge in [0.05, 0.1) is 0 Å². The number of benzene rings is 3. The summed E-state index contributed by atoms with van der Waals surface area (Å²) in [5, 5.41) is 30.4. The van der Waals surface area contributed by atoms with Gasteiger partial charge in [-0.2, -0.15) is 0 Å². The van der Waals surface area contributed by atoms with E-state index in [2.05, 4.69) is 21.3 Å². The second kappa shape index (κ2) is 20.4. The summed E-state index contributed by atoms with van der Waals surface area (Å²) >= 11 is 0. The average molecular weight is 715 g/mol. The Morgan fingerprint density at radius 3 is 1.69 bits per heavy atom. The van der Waals surface area contributed by atoms with Gasteiger partial charge in [-0.1, -0.05) is 113 Å². The Morgan fingerprint density at radius 1 is 0.577 bits per heavy atom. The molecular weight excluding hydrogens is 664 g/mol. The zero-order valence-electron chi connectivity index (χ0n) is 30.2. The summed E-state index contributed by atoms with van der Waals surface area (Å²) in [4.78, 5) is 75.4. The van der Waals surface area contributed by atoms with Crippen molar-refractivity contribution >= 4 is 35.6 Å². The maximum Gasteiger partial charge on any atom is 0.326 e. The fraction of sp³-hybridized carbons (Fsp3) is 0.400. The van der Waals surface area contributed by atoms with E-state index in [0.717, 1.165) is 22.3 Å². The van der Waals surface area contributed by atoms with Gasteiger partial charge in [-0.3, -0.25) is 19.2 Å². The summed E-state index contributed by atoms with van der Waals surface area (Å²) in [5.41, 5.74) is 3.82. The largest absolute Gasteiger partial charge is 0.480 e. The van der Waals surface area contributed by atoms with Crippen LogP contribution in [0.25, 0.3) is 11.1 Å². The minimum Gasteiger partial charge on any atom is -0.480 e. The molecule has 0 radical (unpaired) electrons. The number of hydrogen-bond donors (Lipinski definition) is 6. The molecule has 12 nitrogen and oxygen atoms in total. The summed E-state index contributed by atoms with van der Waals surface area (Å²) in [7, 11) is 0. The molecule has 0 aromatic heterocycles. The molecule has 0 bridgehead atoms. The van der Waals surface area contributed by atoms with E-state index >= 15 is 0 Å². The molecule has 4 amide bonds. The van der Waals surface area contributed by atoms with Crippen molar-refractivity contribution in [1.82, 2.24) is 21.3 Å². The summed E-state index contributed by atoms with van der Waals surface area (Å²) in [6, 6.07) is 19.4. The molecular formula is C40H50N4O8. The van der Waals surface area contributed by atoms with Crippen LogP contribution >= 0.6 is 0 Å². The number of rotatable bonds is 20. The number of aliphatic carboxylic acids is 2. The van der Waals surface area contributed by atoms with Crippen LogP contribution < -0.4 is 21.3 Å². The molecule has 0 aliphatic heterocycles. The molecule has 3 rings (SSSR count). The molecule has 3 aromatic rings. The number of carboxylic acids is 2. The lowest BCUT2D eigenvalue weighted by molar-refractivity contribution is -0.143. The fourth-order valence-electron chi connectivity index (χ4n) is 5.65. The lowest BCUT2D eigenvalue weighted by Crippen LogP contribution is -2.54. The van der Waals surface area contributed by atoms with Gasteiger partial charge in [0.1, 0.15) is 24.2 Å². The van der Waals surface area contributed by atoms with E-state index in [9.17, 15) is 39.0 Å². The highest BCUT2D eigenvalue weighted by molar-refractivity contribution is 5.91. The number of carboxylic acid groups (broad SMARTS) is 2. The quantitative estimate of drug-likeness (QED) is 0.101. The average Bonchev–Trinajstić information content (AvgIpc) is 3.13. The Bertz CT molecular complexity index is 1680. The Balaban J connectivity index is 1.76. The first kappa shape index (κ1) is 40.9. The number of amides is 4. The minimum atomic E-state index is -1.26. The smallest absolute Gasteiger partial charge is 0.326 e. The van der Waals surface area contributed by atoms with Crippen molar-refractivity contribution in [2.45, 2.75) is 96.8 Å². The second-order valence-corrected chi connectivity index (χ2v) is 12.9. The zero-order valence-corrected chi connectivity index (χ0v) is 30.2. The van der Waals surface area contributed by atoms with Gasteiger partial charge >= 0.3 is 11.9 Å². The van der Waals surface area contributed by atoms with E-state index in [4.69, 9.17) is 0 Å². The van der Waals surface area contributed by atoms with Crippen LogP contribution in [-0.2, 0) is 48.0 Å². The van der Waals surface area contributed by atoms with Crippen molar-refractivity contribution in [3.8, 4) is 11.1 Å². The standard InChI is InChI=1S/C40H50N4O8/c1-5-12-35(46)42-32(38(48)44-36(40(51)52)25(4)6-2)23-27-17-19-29(20-18-27)30-16-11-15-28(21-30)24-33(39(49)50)43-37(47)31(41-34(45)7-3)22-26-13-9-8-10-14-26/h8-11,13-21,25,31-33,36H,5-7,12,22-24H2,1-4H3,(H,41,45)(H,42,46)(H,43,47)(H,44,48)(H,49,50)(H,51,52). The van der Waals surface area contributed by atoms with Gasteiger partial charge < -0.3 is 31.5 Å². The molecule has 6 N–H and O–H groups in total. The molecule has 278 valence electrons. The number of carbonyl (C=O) groups is 6. The van der Waals surface area contributed by atoms with Crippen LogP contribution in [0.3, 0.4) is 0 Å². The second-order valence-electron chi connectivity index (χ2n) is 12.9. The molecule has 0 heterocycles. The molecule has 3 aromatic carbocycles. The Hall–Kier alpha value is -5.52. The van der Waals surface area contributed by atoms with Gasteiger partial charge in [-0.15, -0.1) is 0 Å². The van der Waals surface area contributed by atoms with Crippen LogP contribution in [-0.4, -0.2) is 69.9 Å². The third-order valence-electron chi connectivity index (χ3n) is 8.87. The van der Waals surface area contributed by atoms with E-state index in [-0.39, 0.29) is 49.8 Å². The minimum absolute atomic E-state index is 0.00495. The van der Waals surface area contributed by atoms with Crippen LogP contribution in [0.15, 0.2) is 78.9 Å². The first-order valence-corrected chi connectivity index (χ1v) is 17.7. The summed E-state index contributed by atoms with van der Waals surface area (Å²) in [6.07, 6.45) is 1.87. The van der Waals surface area contributed by atoms with E-state index in [1.807, 2.05) is 80.6 Å². The molecule has 0 spiro atoms. The van der Waals surface area contributed by atoms with Crippen LogP contribution in [0.4, 0.5) is 0 Å². The fourth-order valence-corrected chi connectivity index (χ4v) is 5.65. The van der Waals surface area contributed by atoms with E-state index in [1.165, 1.54) is 0 Å². The number of carbonyl (C=O) groups excluding carboxylic acids is 4. The maximum absolute atomic E-state index is 13.3. The molecule has 0 saturated heterocycles. The van der Waals surface area contributed by atoms with E-state index in [1.54, 1.807) is 26.0 Å². The highest BCUT2D eigenvalue weighted by atomic mass is 16.4. The maximum atomic E-state index is 13.3. The van der Waals surface area contributed by atoms with Gasteiger partial charge in [0.25, 0.3) is 0 Å². The lowest BCUT2D eigenvalue weighted by atomic mass is 9.96. The zero-order chi connectivity index (χ0) is 38.2. The SMILES string of the molecule is CCCC(=O)NC(Cc1ccc(-c2cccc(CC(NC(=O)C(Cc3ccccc3)NC(=O)CC)C(=O)O)c2)cc1)C(=O)NC(C(=O)O)C(C)CC. The summed E-state index contributed by atoms with van der Waals surface area (Å²) in [6.45, 7) is 7.10. The van der Waals surface area contributed by atoms with E-state index < -0.39 is 47.9 Å². The van der Waals surface area contributed by atoms with Crippen LogP contribution in [0.1, 0.15) is 70.1 Å². The van der Waals surface area contributed by atoms with Crippen LogP contribution in [0.2, 0.25) is 0 Å². The summed E-state index contributed by atoms with van der Waals surface area (Å²) in [5.74, 6) is -4.47. The molecule has 0 fully saturated rings. The van der Waals surface area contributed by atoms with Gasteiger partial charge in [-0.25, -0.2) is 9.59 Å². The normalized spacial score (nSPS) is 13.8. The Labute approximate surface area is 304 Å². The van der Waals surface area contributed by atoms with E-state index in [0.29, 0.717) is 18.4 Å². The molecule has 0 aliphatic rings. The lowest BCUT2D eigenvalue weighted by Gasteiger charge is -2.24. The Morgan fingerprint density at radius 2 is 1.13 bits per heavy atom. The van der Waals surface area contributed by atoms with Gasteiger partial charge in [0.15, 0.2) is 0 Å². The van der Waals surface area contributed by atoms with Crippen LogP contribution in [0, 0.1) is 5.92 Å². The van der Waals surface area contributed by atoms with Crippen molar-refractivity contribution in [2.75, 3.05) is 0 Å². The topological polar surface area (TPSA) is 191 Å². The highest BCUT2D eigenvalue weighted by Gasteiger charge is 2.30. The molecule has 52 heavy (non-hydrogen) atoms.